The number of aromatic nitrogens is 2. The summed E-state index contributed by atoms with van der Waals surface area (Å²) in [6, 6.07) is 4.50. The van der Waals surface area contributed by atoms with Crippen LogP contribution >= 0.6 is 15.9 Å². The van der Waals surface area contributed by atoms with Crippen molar-refractivity contribution < 1.29 is 0 Å². The van der Waals surface area contributed by atoms with Gasteiger partial charge >= 0.3 is 0 Å². The Morgan fingerprint density at radius 3 is 2.62 bits per heavy atom. The van der Waals surface area contributed by atoms with Crippen LogP contribution in [0.3, 0.4) is 0 Å². The van der Waals surface area contributed by atoms with Crippen LogP contribution in [0.2, 0.25) is 0 Å². The minimum Gasteiger partial charge on any atom is -0.294 e. The molecule has 2 aromatic heterocycles. The minimum atomic E-state index is 0.707. The van der Waals surface area contributed by atoms with Gasteiger partial charge in [0.25, 0.3) is 0 Å². The van der Waals surface area contributed by atoms with Crippen molar-refractivity contribution in [2.45, 2.75) is 37.5 Å². The number of pyridine rings is 1. The molecule has 0 radical (unpaired) electrons. The van der Waals surface area contributed by atoms with Crippen molar-refractivity contribution in [1.82, 2.24) is 9.38 Å². The van der Waals surface area contributed by atoms with Gasteiger partial charge in [0.15, 0.2) is 0 Å². The fraction of sp³-hybridized carbons (Fsp3) is 0.462. The lowest BCUT2D eigenvalue weighted by Crippen LogP contribution is -1.87. The van der Waals surface area contributed by atoms with Crippen LogP contribution in [0.5, 0.6) is 0 Å². The molecule has 0 aromatic carbocycles. The molecule has 0 spiro atoms. The molecule has 2 nitrogen and oxygen atoms in total. The third-order valence-electron chi connectivity index (χ3n) is 3.63. The van der Waals surface area contributed by atoms with Crippen LogP contribution in [0.15, 0.2) is 22.9 Å². The molecule has 16 heavy (non-hydrogen) atoms. The average molecular weight is 277 g/mol. The summed E-state index contributed by atoms with van der Waals surface area (Å²) in [6.07, 6.45) is 7.48. The van der Waals surface area contributed by atoms with Gasteiger partial charge in [0.1, 0.15) is 10.3 Å². The number of imidazole rings is 1. The summed E-state index contributed by atoms with van der Waals surface area (Å²) in [7, 11) is 0. The van der Waals surface area contributed by atoms with Gasteiger partial charge in [-0.3, -0.25) is 4.40 Å². The first kappa shape index (κ1) is 9.23. The van der Waals surface area contributed by atoms with E-state index in [0.29, 0.717) is 5.92 Å². The smallest absolute Gasteiger partial charge is 0.138 e. The lowest BCUT2D eigenvalue weighted by atomic mass is 10.2. The molecule has 2 aliphatic rings. The van der Waals surface area contributed by atoms with Crippen LogP contribution in [0.25, 0.3) is 5.65 Å². The highest BCUT2D eigenvalue weighted by Gasteiger charge is 2.30. The summed E-state index contributed by atoms with van der Waals surface area (Å²) in [5.41, 5.74) is 3.83. The fourth-order valence-corrected chi connectivity index (χ4v) is 3.05. The molecule has 2 aromatic rings. The number of nitrogens with zero attached hydrogens (tertiary/aromatic N) is 2. The van der Waals surface area contributed by atoms with E-state index in [9.17, 15) is 0 Å². The van der Waals surface area contributed by atoms with Crippen molar-refractivity contribution in [3.8, 4) is 0 Å². The molecule has 0 unspecified atom stereocenters. The fourth-order valence-electron chi connectivity index (χ4n) is 2.34. The molecule has 0 amide bonds. The van der Waals surface area contributed by atoms with Crippen LogP contribution < -0.4 is 0 Å². The molecule has 2 heterocycles. The van der Waals surface area contributed by atoms with E-state index in [-0.39, 0.29) is 0 Å². The van der Waals surface area contributed by atoms with Crippen molar-refractivity contribution in [2.24, 2.45) is 0 Å². The van der Waals surface area contributed by atoms with Crippen LogP contribution in [0.1, 0.15) is 48.8 Å². The topological polar surface area (TPSA) is 17.3 Å². The maximum Gasteiger partial charge on any atom is 0.138 e. The van der Waals surface area contributed by atoms with Gasteiger partial charge in [-0.25, -0.2) is 4.98 Å². The van der Waals surface area contributed by atoms with Gasteiger partial charge in [0.2, 0.25) is 0 Å². The molecular formula is C13H13BrN2. The van der Waals surface area contributed by atoms with Crippen molar-refractivity contribution in [2.75, 3.05) is 0 Å². The number of rotatable bonds is 2. The zero-order valence-corrected chi connectivity index (χ0v) is 10.6. The summed E-state index contributed by atoms with van der Waals surface area (Å²) in [5.74, 6) is 1.52. The molecule has 2 aliphatic carbocycles. The predicted octanol–water partition coefficient (Wildman–Crippen LogP) is 3.85. The van der Waals surface area contributed by atoms with Gasteiger partial charge in [0.05, 0.1) is 5.69 Å². The zero-order chi connectivity index (χ0) is 10.7. The van der Waals surface area contributed by atoms with Crippen molar-refractivity contribution in [3.05, 3.63) is 34.2 Å². The van der Waals surface area contributed by atoms with E-state index >= 15 is 0 Å². The summed E-state index contributed by atoms with van der Waals surface area (Å²) in [5, 5.41) is 0. The Hall–Kier alpha value is -0.830. The standard InChI is InChI=1S/C13H13BrN2/c14-13-12(9-3-4-9)15-11-7-10(8-1-2-8)5-6-16(11)13/h5-9H,1-4H2. The number of hydrogen-bond donors (Lipinski definition) is 0. The highest BCUT2D eigenvalue weighted by molar-refractivity contribution is 9.10. The second kappa shape index (κ2) is 3.10. The Bertz CT molecular complexity index is 565. The Labute approximate surface area is 103 Å². The van der Waals surface area contributed by atoms with Crippen LogP contribution in [0.4, 0.5) is 0 Å². The van der Waals surface area contributed by atoms with Gasteiger partial charge in [-0.15, -0.1) is 0 Å². The lowest BCUT2D eigenvalue weighted by molar-refractivity contribution is 1.03. The summed E-state index contributed by atoms with van der Waals surface area (Å²) < 4.78 is 3.33. The molecule has 3 heteroatoms. The van der Waals surface area contributed by atoms with E-state index in [1.807, 2.05) is 0 Å². The van der Waals surface area contributed by atoms with Gasteiger partial charge in [-0.05, 0) is 65.2 Å². The molecule has 4 rings (SSSR count). The number of hydrogen-bond acceptors (Lipinski definition) is 1. The van der Waals surface area contributed by atoms with Gasteiger partial charge in [-0.2, -0.15) is 0 Å². The van der Waals surface area contributed by atoms with E-state index in [2.05, 4.69) is 38.7 Å². The quantitative estimate of drug-likeness (QED) is 0.815. The molecule has 2 saturated carbocycles. The maximum atomic E-state index is 4.76. The van der Waals surface area contributed by atoms with Crippen molar-refractivity contribution in [1.29, 1.82) is 0 Å². The van der Waals surface area contributed by atoms with Crippen LogP contribution in [-0.2, 0) is 0 Å². The monoisotopic (exact) mass is 276 g/mol. The van der Waals surface area contributed by atoms with E-state index in [0.717, 1.165) is 16.2 Å². The van der Waals surface area contributed by atoms with Gasteiger partial charge < -0.3 is 0 Å². The van der Waals surface area contributed by atoms with Gasteiger partial charge in [0, 0.05) is 12.1 Å². The van der Waals surface area contributed by atoms with Crippen molar-refractivity contribution in [3.63, 3.8) is 0 Å². The van der Waals surface area contributed by atoms with E-state index in [1.54, 1.807) is 0 Å². The van der Waals surface area contributed by atoms with Crippen LogP contribution in [0, 0.1) is 0 Å². The lowest BCUT2D eigenvalue weighted by Gasteiger charge is -1.99. The summed E-state index contributed by atoms with van der Waals surface area (Å²) in [6.45, 7) is 0. The molecule has 0 aliphatic heterocycles. The second-order valence-corrected chi connectivity index (χ2v) is 5.78. The third kappa shape index (κ3) is 1.34. The van der Waals surface area contributed by atoms with E-state index in [4.69, 9.17) is 4.98 Å². The van der Waals surface area contributed by atoms with Gasteiger partial charge in [-0.1, -0.05) is 0 Å². The Morgan fingerprint density at radius 1 is 1.19 bits per heavy atom. The maximum absolute atomic E-state index is 4.76. The largest absolute Gasteiger partial charge is 0.294 e. The zero-order valence-electron chi connectivity index (χ0n) is 8.99. The Balaban J connectivity index is 1.90. The molecule has 0 N–H and O–H groups in total. The second-order valence-electron chi connectivity index (χ2n) is 5.02. The Morgan fingerprint density at radius 2 is 1.94 bits per heavy atom. The first-order chi connectivity index (χ1) is 7.83. The summed E-state index contributed by atoms with van der Waals surface area (Å²) >= 11 is 3.67. The molecule has 2 fully saturated rings. The molecular weight excluding hydrogens is 264 g/mol. The third-order valence-corrected chi connectivity index (χ3v) is 4.42. The minimum absolute atomic E-state index is 0.707. The first-order valence-electron chi connectivity index (χ1n) is 6.00. The highest BCUT2D eigenvalue weighted by Crippen LogP contribution is 2.44. The Kier molecular flexibility index (Phi) is 1.79. The molecule has 0 bridgehead atoms. The van der Waals surface area contributed by atoms with Crippen molar-refractivity contribution >= 4 is 21.6 Å². The average Bonchev–Trinajstić information content (AvgIpc) is 3.16. The SMILES string of the molecule is Brc1c(C2CC2)nc2cc(C3CC3)ccn12. The van der Waals surface area contributed by atoms with E-state index < -0.39 is 0 Å². The first-order valence-corrected chi connectivity index (χ1v) is 6.79. The van der Waals surface area contributed by atoms with E-state index in [1.165, 1.54) is 36.9 Å². The molecule has 82 valence electrons. The summed E-state index contributed by atoms with van der Waals surface area (Å²) in [4.78, 5) is 4.76. The normalized spacial score (nSPS) is 20.6. The van der Waals surface area contributed by atoms with Crippen LogP contribution in [-0.4, -0.2) is 9.38 Å². The molecule has 0 saturated heterocycles. The number of fused-ring (bicyclic) bond motifs is 1. The highest BCUT2D eigenvalue weighted by atomic mass is 79.9. The predicted molar refractivity (Wildman–Crippen MR) is 66.8 cm³/mol. The molecule has 0 atom stereocenters. The number of halogens is 1.